The van der Waals surface area contributed by atoms with Gasteiger partial charge < -0.3 is 29.6 Å². The number of rotatable bonds is 7. The SMILES string of the molecule is COC(=O)c1cc(NC(=O)Nc2ccc3c(c2)OCO3)ccc1OC(c1ccccc1)c1ccccc1. The highest BCUT2D eigenvalue weighted by Crippen LogP contribution is 2.35. The van der Waals surface area contributed by atoms with E-state index in [4.69, 9.17) is 18.9 Å². The van der Waals surface area contributed by atoms with Gasteiger partial charge in [0, 0.05) is 17.4 Å². The lowest BCUT2D eigenvalue weighted by atomic mass is 10.0. The number of benzene rings is 4. The Labute approximate surface area is 213 Å². The highest BCUT2D eigenvalue weighted by atomic mass is 16.7. The Hall–Kier alpha value is -4.98. The van der Waals surface area contributed by atoms with Crippen LogP contribution in [0.25, 0.3) is 0 Å². The van der Waals surface area contributed by atoms with Crippen molar-refractivity contribution in [2.45, 2.75) is 6.10 Å². The number of anilines is 2. The molecule has 5 rings (SSSR count). The molecule has 0 unspecified atom stereocenters. The van der Waals surface area contributed by atoms with Crippen molar-refractivity contribution in [3.05, 3.63) is 114 Å². The molecule has 8 nitrogen and oxygen atoms in total. The third-order valence-corrected chi connectivity index (χ3v) is 5.72. The van der Waals surface area contributed by atoms with Crippen LogP contribution in [0.2, 0.25) is 0 Å². The van der Waals surface area contributed by atoms with Crippen molar-refractivity contribution >= 4 is 23.4 Å². The van der Waals surface area contributed by atoms with Gasteiger partial charge in [0.2, 0.25) is 6.79 Å². The number of fused-ring (bicyclic) bond motifs is 1. The van der Waals surface area contributed by atoms with Gasteiger partial charge >= 0.3 is 12.0 Å². The number of esters is 1. The lowest BCUT2D eigenvalue weighted by Gasteiger charge is -2.22. The van der Waals surface area contributed by atoms with Gasteiger partial charge in [0.05, 0.1) is 7.11 Å². The molecule has 1 aliphatic rings. The summed E-state index contributed by atoms with van der Waals surface area (Å²) in [7, 11) is 1.30. The molecule has 2 N–H and O–H groups in total. The molecule has 0 bridgehead atoms. The van der Waals surface area contributed by atoms with E-state index in [1.54, 1.807) is 30.3 Å². The summed E-state index contributed by atoms with van der Waals surface area (Å²) in [6.07, 6.45) is -0.459. The van der Waals surface area contributed by atoms with Crippen molar-refractivity contribution in [2.24, 2.45) is 0 Å². The van der Waals surface area contributed by atoms with Crippen molar-refractivity contribution in [1.29, 1.82) is 0 Å². The van der Waals surface area contributed by atoms with Crippen molar-refractivity contribution in [3.63, 3.8) is 0 Å². The summed E-state index contributed by atoms with van der Waals surface area (Å²) in [6.45, 7) is 0.144. The summed E-state index contributed by atoms with van der Waals surface area (Å²) < 4.78 is 22.0. The summed E-state index contributed by atoms with van der Waals surface area (Å²) >= 11 is 0. The Morgan fingerprint density at radius 3 is 2.00 bits per heavy atom. The molecule has 0 radical (unpaired) electrons. The Morgan fingerprint density at radius 1 is 0.757 bits per heavy atom. The van der Waals surface area contributed by atoms with Gasteiger partial charge in [0.25, 0.3) is 0 Å². The van der Waals surface area contributed by atoms with Gasteiger partial charge in [0.15, 0.2) is 11.5 Å². The molecule has 4 aromatic carbocycles. The molecule has 1 aliphatic heterocycles. The highest BCUT2D eigenvalue weighted by molar-refractivity contribution is 6.01. The van der Waals surface area contributed by atoms with Gasteiger partial charge in [-0.15, -0.1) is 0 Å². The summed E-state index contributed by atoms with van der Waals surface area (Å²) in [6, 6.07) is 28.9. The van der Waals surface area contributed by atoms with E-state index >= 15 is 0 Å². The Balaban J connectivity index is 1.38. The predicted molar refractivity (Wildman–Crippen MR) is 138 cm³/mol. The van der Waals surface area contributed by atoms with Crippen LogP contribution in [0.3, 0.4) is 0 Å². The van der Waals surface area contributed by atoms with Crippen LogP contribution in [-0.2, 0) is 4.74 Å². The first kappa shape index (κ1) is 23.7. The largest absolute Gasteiger partial charge is 0.480 e. The Morgan fingerprint density at radius 2 is 1.35 bits per heavy atom. The molecule has 0 aromatic heterocycles. The van der Waals surface area contributed by atoms with Crippen LogP contribution >= 0.6 is 0 Å². The van der Waals surface area contributed by atoms with Crippen LogP contribution in [0.1, 0.15) is 27.6 Å². The van der Waals surface area contributed by atoms with Crippen LogP contribution in [0.5, 0.6) is 17.2 Å². The number of carbonyl (C=O) groups excluding carboxylic acids is 2. The quantitative estimate of drug-likeness (QED) is 0.304. The molecule has 1 heterocycles. The summed E-state index contributed by atoms with van der Waals surface area (Å²) in [5.74, 6) is 0.910. The number of ether oxygens (including phenoxy) is 4. The fraction of sp³-hybridized carbons (Fsp3) is 0.103. The van der Waals surface area contributed by atoms with E-state index < -0.39 is 18.1 Å². The van der Waals surface area contributed by atoms with Crippen LogP contribution in [-0.4, -0.2) is 25.9 Å². The van der Waals surface area contributed by atoms with Crippen LogP contribution < -0.4 is 24.8 Å². The first-order valence-corrected chi connectivity index (χ1v) is 11.6. The zero-order valence-corrected chi connectivity index (χ0v) is 20.0. The van der Waals surface area contributed by atoms with Crippen molar-refractivity contribution in [1.82, 2.24) is 0 Å². The van der Waals surface area contributed by atoms with E-state index in [9.17, 15) is 9.59 Å². The van der Waals surface area contributed by atoms with Crippen molar-refractivity contribution in [2.75, 3.05) is 24.5 Å². The minimum absolute atomic E-state index is 0.144. The number of amides is 2. The van der Waals surface area contributed by atoms with Crippen molar-refractivity contribution < 1.29 is 28.5 Å². The van der Waals surface area contributed by atoms with Gasteiger partial charge in [-0.1, -0.05) is 60.7 Å². The van der Waals surface area contributed by atoms with Gasteiger partial charge in [-0.05, 0) is 41.5 Å². The number of nitrogens with one attached hydrogen (secondary N) is 2. The molecule has 186 valence electrons. The van der Waals surface area contributed by atoms with E-state index in [0.717, 1.165) is 11.1 Å². The number of carbonyl (C=O) groups is 2. The van der Waals surface area contributed by atoms with Gasteiger partial charge in [0.1, 0.15) is 17.4 Å². The lowest BCUT2D eigenvalue weighted by molar-refractivity contribution is 0.0594. The average Bonchev–Trinajstić information content (AvgIpc) is 3.41. The third-order valence-electron chi connectivity index (χ3n) is 5.72. The minimum Gasteiger partial charge on any atom is -0.480 e. The number of hydrogen-bond donors (Lipinski definition) is 2. The number of methoxy groups -OCH3 is 1. The molecule has 8 heteroatoms. The van der Waals surface area contributed by atoms with Crippen LogP contribution in [0.4, 0.5) is 16.2 Å². The molecule has 0 fully saturated rings. The second kappa shape index (κ2) is 10.7. The Bertz CT molecular complexity index is 1370. The third kappa shape index (κ3) is 5.48. The molecule has 0 aliphatic carbocycles. The summed E-state index contributed by atoms with van der Waals surface area (Å²) in [5.41, 5.74) is 2.95. The summed E-state index contributed by atoms with van der Waals surface area (Å²) in [4.78, 5) is 25.3. The maximum Gasteiger partial charge on any atom is 0.341 e. The molecular formula is C29H24N2O6. The van der Waals surface area contributed by atoms with Crippen LogP contribution in [0, 0.1) is 0 Å². The monoisotopic (exact) mass is 496 g/mol. The van der Waals surface area contributed by atoms with E-state index in [1.807, 2.05) is 60.7 Å². The first-order chi connectivity index (χ1) is 18.1. The second-order valence-corrected chi connectivity index (χ2v) is 8.17. The number of hydrogen-bond acceptors (Lipinski definition) is 6. The zero-order chi connectivity index (χ0) is 25.6. The maximum atomic E-state index is 12.7. The fourth-order valence-corrected chi connectivity index (χ4v) is 3.96. The van der Waals surface area contributed by atoms with Gasteiger partial charge in [-0.2, -0.15) is 0 Å². The fourth-order valence-electron chi connectivity index (χ4n) is 3.96. The summed E-state index contributed by atoms with van der Waals surface area (Å²) in [5, 5.41) is 5.48. The molecule has 0 saturated carbocycles. The normalized spacial score (nSPS) is 11.6. The molecule has 0 saturated heterocycles. The van der Waals surface area contributed by atoms with Crippen LogP contribution in [0.15, 0.2) is 97.1 Å². The van der Waals surface area contributed by atoms with Crippen molar-refractivity contribution in [3.8, 4) is 17.2 Å². The molecule has 0 spiro atoms. The smallest absolute Gasteiger partial charge is 0.341 e. The molecule has 4 aromatic rings. The predicted octanol–water partition coefficient (Wildman–Crippen LogP) is 6.01. The maximum absolute atomic E-state index is 12.7. The molecule has 0 atom stereocenters. The first-order valence-electron chi connectivity index (χ1n) is 11.6. The van der Waals surface area contributed by atoms with E-state index in [-0.39, 0.29) is 12.4 Å². The average molecular weight is 497 g/mol. The molecular weight excluding hydrogens is 472 g/mol. The van der Waals surface area contributed by atoms with E-state index in [0.29, 0.717) is 28.6 Å². The molecule has 2 amide bonds. The highest BCUT2D eigenvalue weighted by Gasteiger charge is 2.21. The standard InChI is InChI=1S/C29H24N2O6/c1-34-28(32)23-16-21(30-29(33)31-22-13-15-25-26(17-22)36-18-35-25)12-14-24(23)37-27(19-8-4-2-5-9-19)20-10-6-3-7-11-20/h2-17,27H,18H2,1H3,(H2,30,31,33). The molecule has 37 heavy (non-hydrogen) atoms. The lowest BCUT2D eigenvalue weighted by Crippen LogP contribution is -2.20. The van der Waals surface area contributed by atoms with E-state index in [2.05, 4.69) is 10.6 Å². The zero-order valence-electron chi connectivity index (χ0n) is 20.0. The number of urea groups is 1. The topological polar surface area (TPSA) is 95.1 Å². The Kier molecular flexibility index (Phi) is 6.89. The van der Waals surface area contributed by atoms with Gasteiger partial charge in [-0.25, -0.2) is 9.59 Å². The van der Waals surface area contributed by atoms with E-state index in [1.165, 1.54) is 13.2 Å². The van der Waals surface area contributed by atoms with Gasteiger partial charge in [-0.3, -0.25) is 0 Å². The second-order valence-electron chi connectivity index (χ2n) is 8.17. The minimum atomic E-state index is -0.588.